The third kappa shape index (κ3) is 4.87. The van der Waals surface area contributed by atoms with Crippen LogP contribution < -0.4 is 15.8 Å². The van der Waals surface area contributed by atoms with Gasteiger partial charge in [-0.25, -0.2) is 9.82 Å². The predicted octanol–water partition coefficient (Wildman–Crippen LogP) is 5.96. The lowest BCUT2D eigenvalue weighted by Gasteiger charge is -2.27. The van der Waals surface area contributed by atoms with Crippen molar-refractivity contribution in [3.8, 4) is 0 Å². The molecule has 1 heterocycles. The summed E-state index contributed by atoms with van der Waals surface area (Å²) in [7, 11) is 0. The SMILES string of the molecule is O=C(Nc1ccc(C(F)(F)F)cc1)C1CC(c2ccc(F)cc2)N(c2ccc(Cl)cc2)N1. The lowest BCUT2D eigenvalue weighted by molar-refractivity contribution is -0.137. The van der Waals surface area contributed by atoms with Gasteiger partial charge in [0, 0.05) is 10.7 Å². The molecule has 0 aliphatic carbocycles. The van der Waals surface area contributed by atoms with E-state index in [1.165, 1.54) is 24.3 Å². The summed E-state index contributed by atoms with van der Waals surface area (Å²) in [4.78, 5) is 12.9. The van der Waals surface area contributed by atoms with Gasteiger partial charge in [-0.3, -0.25) is 4.79 Å². The minimum atomic E-state index is -4.45. The molecule has 4 nitrogen and oxygen atoms in total. The molecule has 0 spiro atoms. The Kier molecular flexibility index (Phi) is 6.08. The van der Waals surface area contributed by atoms with Crippen LogP contribution in [0.1, 0.15) is 23.6 Å². The number of carbonyl (C=O) groups is 1. The molecule has 1 fully saturated rings. The number of carbonyl (C=O) groups excluding carboxylic acids is 1. The second-order valence-corrected chi connectivity index (χ2v) is 7.83. The molecule has 1 saturated heterocycles. The Morgan fingerprint density at radius 2 is 1.59 bits per heavy atom. The topological polar surface area (TPSA) is 44.4 Å². The van der Waals surface area contributed by atoms with Gasteiger partial charge in [-0.2, -0.15) is 13.2 Å². The first kappa shape index (κ1) is 22.1. The number of alkyl halides is 3. The number of rotatable bonds is 4. The Bertz CT molecular complexity index is 1030. The molecule has 1 amide bonds. The molecule has 9 heteroatoms. The highest BCUT2D eigenvalue weighted by Crippen LogP contribution is 2.35. The molecule has 32 heavy (non-hydrogen) atoms. The molecule has 2 unspecified atom stereocenters. The second-order valence-electron chi connectivity index (χ2n) is 7.40. The minimum absolute atomic E-state index is 0.257. The van der Waals surface area contributed by atoms with Crippen molar-refractivity contribution in [3.63, 3.8) is 0 Å². The number of benzene rings is 3. The van der Waals surface area contributed by atoms with Crippen LogP contribution >= 0.6 is 11.6 Å². The number of hydrogen-bond acceptors (Lipinski definition) is 3. The third-order valence-corrected chi connectivity index (χ3v) is 5.47. The Morgan fingerprint density at radius 3 is 2.19 bits per heavy atom. The van der Waals surface area contributed by atoms with E-state index in [0.717, 1.165) is 23.4 Å². The Labute approximate surface area is 186 Å². The van der Waals surface area contributed by atoms with Gasteiger partial charge in [0.2, 0.25) is 5.91 Å². The number of nitrogens with one attached hydrogen (secondary N) is 2. The van der Waals surface area contributed by atoms with Gasteiger partial charge in [-0.15, -0.1) is 0 Å². The average molecular weight is 464 g/mol. The molecule has 0 bridgehead atoms. The van der Waals surface area contributed by atoms with Crippen LogP contribution in [-0.4, -0.2) is 11.9 Å². The van der Waals surface area contributed by atoms with Crippen LogP contribution in [0.15, 0.2) is 72.8 Å². The quantitative estimate of drug-likeness (QED) is 0.469. The van der Waals surface area contributed by atoms with Crippen LogP contribution in [0.2, 0.25) is 5.02 Å². The lowest BCUT2D eigenvalue weighted by Crippen LogP contribution is -2.42. The van der Waals surface area contributed by atoms with E-state index < -0.39 is 23.7 Å². The maximum absolute atomic E-state index is 13.4. The Balaban J connectivity index is 1.54. The number of hydrazine groups is 1. The fourth-order valence-corrected chi connectivity index (χ4v) is 3.73. The number of amides is 1. The van der Waals surface area contributed by atoms with E-state index in [0.29, 0.717) is 11.4 Å². The normalized spacial score (nSPS) is 18.6. The van der Waals surface area contributed by atoms with E-state index in [-0.39, 0.29) is 17.5 Å². The Morgan fingerprint density at radius 1 is 0.969 bits per heavy atom. The summed E-state index contributed by atoms with van der Waals surface area (Å²) in [5.41, 5.74) is 4.18. The van der Waals surface area contributed by atoms with Gasteiger partial charge >= 0.3 is 6.18 Å². The first-order valence-electron chi connectivity index (χ1n) is 9.75. The molecule has 0 radical (unpaired) electrons. The summed E-state index contributed by atoms with van der Waals surface area (Å²) < 4.78 is 51.7. The standard InChI is InChI=1S/C23H18ClF4N3O/c24-16-5-11-19(12-6-16)31-21(14-1-7-17(25)8-2-14)13-20(30-31)22(32)29-18-9-3-15(4-10-18)23(26,27)28/h1-12,20-21,30H,13H2,(H,29,32). The zero-order valence-electron chi connectivity index (χ0n) is 16.5. The molecule has 1 aliphatic rings. The predicted molar refractivity (Wildman–Crippen MR) is 115 cm³/mol. The number of hydrogen-bond donors (Lipinski definition) is 2. The van der Waals surface area contributed by atoms with Gasteiger partial charge in [0.15, 0.2) is 0 Å². The first-order chi connectivity index (χ1) is 15.2. The molecule has 3 aromatic carbocycles. The van der Waals surface area contributed by atoms with Crippen molar-refractivity contribution in [1.29, 1.82) is 0 Å². The van der Waals surface area contributed by atoms with Crippen molar-refractivity contribution in [2.24, 2.45) is 0 Å². The van der Waals surface area contributed by atoms with Gasteiger partial charge in [0.05, 0.1) is 17.3 Å². The summed E-state index contributed by atoms with van der Waals surface area (Å²) in [6.07, 6.45) is -4.09. The highest BCUT2D eigenvalue weighted by molar-refractivity contribution is 6.30. The fourth-order valence-electron chi connectivity index (χ4n) is 3.60. The maximum Gasteiger partial charge on any atom is 0.416 e. The molecule has 166 valence electrons. The van der Waals surface area contributed by atoms with Crippen LogP contribution in [0, 0.1) is 5.82 Å². The molecular weight excluding hydrogens is 446 g/mol. The van der Waals surface area contributed by atoms with Crippen LogP contribution in [-0.2, 0) is 11.0 Å². The smallest absolute Gasteiger partial charge is 0.325 e. The molecule has 4 rings (SSSR count). The van der Waals surface area contributed by atoms with Gasteiger partial charge in [-0.1, -0.05) is 23.7 Å². The molecule has 2 atom stereocenters. The molecule has 0 aromatic heterocycles. The zero-order chi connectivity index (χ0) is 22.9. The van der Waals surface area contributed by atoms with E-state index in [2.05, 4.69) is 10.7 Å². The number of nitrogens with zero attached hydrogens (tertiary/aromatic N) is 1. The Hall–Kier alpha value is -3.10. The average Bonchev–Trinajstić information content (AvgIpc) is 3.20. The second kappa shape index (κ2) is 8.80. The molecule has 3 aromatic rings. The highest BCUT2D eigenvalue weighted by atomic mass is 35.5. The maximum atomic E-state index is 13.4. The van der Waals surface area contributed by atoms with Crippen molar-refractivity contribution in [3.05, 3.63) is 94.8 Å². The van der Waals surface area contributed by atoms with E-state index in [4.69, 9.17) is 11.6 Å². The summed E-state index contributed by atoms with van der Waals surface area (Å²) in [5, 5.41) is 5.01. The number of anilines is 2. The zero-order valence-corrected chi connectivity index (χ0v) is 17.3. The van der Waals surface area contributed by atoms with Crippen molar-refractivity contribution in [2.75, 3.05) is 10.3 Å². The molecule has 1 aliphatic heterocycles. The van der Waals surface area contributed by atoms with Gasteiger partial charge in [-0.05, 0) is 72.6 Å². The fraction of sp³-hybridized carbons (Fsp3) is 0.174. The van der Waals surface area contributed by atoms with E-state index >= 15 is 0 Å². The van der Waals surface area contributed by atoms with Crippen LogP contribution in [0.3, 0.4) is 0 Å². The monoisotopic (exact) mass is 463 g/mol. The first-order valence-corrected chi connectivity index (χ1v) is 10.1. The minimum Gasteiger partial charge on any atom is -0.325 e. The largest absolute Gasteiger partial charge is 0.416 e. The van der Waals surface area contributed by atoms with Gasteiger partial charge in [0.25, 0.3) is 0 Å². The van der Waals surface area contributed by atoms with Crippen molar-refractivity contribution >= 4 is 28.9 Å². The summed E-state index contributed by atoms with van der Waals surface area (Å²) in [5.74, 6) is -0.761. The lowest BCUT2D eigenvalue weighted by atomic mass is 10.0. The molecule has 2 N–H and O–H groups in total. The highest BCUT2D eigenvalue weighted by Gasteiger charge is 2.37. The van der Waals surface area contributed by atoms with E-state index in [1.54, 1.807) is 41.4 Å². The van der Waals surface area contributed by atoms with Crippen LogP contribution in [0.4, 0.5) is 28.9 Å². The number of halogens is 5. The summed E-state index contributed by atoms with van der Waals surface area (Å²) >= 11 is 5.98. The third-order valence-electron chi connectivity index (χ3n) is 5.22. The van der Waals surface area contributed by atoms with Crippen LogP contribution in [0.25, 0.3) is 0 Å². The van der Waals surface area contributed by atoms with Crippen molar-refractivity contribution < 1.29 is 22.4 Å². The van der Waals surface area contributed by atoms with Crippen molar-refractivity contribution in [2.45, 2.75) is 24.7 Å². The van der Waals surface area contributed by atoms with E-state index in [1.807, 2.05) is 0 Å². The summed E-state index contributed by atoms with van der Waals surface area (Å²) in [6, 6.07) is 16.3. The van der Waals surface area contributed by atoms with Crippen molar-refractivity contribution in [1.82, 2.24) is 5.43 Å². The molecular formula is C23H18ClF4N3O. The van der Waals surface area contributed by atoms with Gasteiger partial charge in [0.1, 0.15) is 11.9 Å². The molecule has 0 saturated carbocycles. The summed E-state index contributed by atoms with van der Waals surface area (Å²) in [6.45, 7) is 0. The van der Waals surface area contributed by atoms with Gasteiger partial charge < -0.3 is 10.3 Å². The van der Waals surface area contributed by atoms with Crippen LogP contribution in [0.5, 0.6) is 0 Å². The van der Waals surface area contributed by atoms with E-state index in [9.17, 15) is 22.4 Å².